The summed E-state index contributed by atoms with van der Waals surface area (Å²) in [5.41, 5.74) is 2.74. The van der Waals surface area contributed by atoms with Crippen molar-refractivity contribution in [1.29, 1.82) is 0 Å². The molecule has 1 aromatic rings. The Morgan fingerprint density at radius 3 is 2.58 bits per heavy atom. The molecule has 108 valence electrons. The normalized spacial score (nSPS) is 13.3. The summed E-state index contributed by atoms with van der Waals surface area (Å²) < 4.78 is 1.14. The van der Waals surface area contributed by atoms with E-state index in [9.17, 15) is 5.11 Å². The summed E-state index contributed by atoms with van der Waals surface area (Å²) in [5, 5.41) is 9.38. The Labute approximate surface area is 126 Å². The molecule has 19 heavy (non-hydrogen) atoms. The van der Waals surface area contributed by atoms with Crippen molar-refractivity contribution in [2.24, 2.45) is 11.8 Å². The van der Waals surface area contributed by atoms with Gasteiger partial charge in [0, 0.05) is 24.2 Å². The molecule has 0 aromatic heterocycles. The van der Waals surface area contributed by atoms with E-state index >= 15 is 0 Å². The Bertz CT molecular complexity index is 392. The zero-order chi connectivity index (χ0) is 14.4. The minimum atomic E-state index is 0.276. The number of nitrogens with zero attached hydrogens (tertiary/aromatic N) is 1. The van der Waals surface area contributed by atoms with Gasteiger partial charge in [-0.2, -0.15) is 0 Å². The highest BCUT2D eigenvalue weighted by Crippen LogP contribution is 2.17. The van der Waals surface area contributed by atoms with Gasteiger partial charge in [-0.1, -0.05) is 35.8 Å². The van der Waals surface area contributed by atoms with Crippen LogP contribution < -0.4 is 0 Å². The maximum atomic E-state index is 9.38. The van der Waals surface area contributed by atoms with Gasteiger partial charge in [0.25, 0.3) is 0 Å². The second-order valence-corrected chi connectivity index (χ2v) is 6.69. The maximum Gasteiger partial charge on any atom is 0.0473 e. The molecular weight excluding hydrogens is 302 g/mol. The van der Waals surface area contributed by atoms with Crippen molar-refractivity contribution >= 4 is 15.9 Å². The molecule has 0 aliphatic heterocycles. The van der Waals surface area contributed by atoms with E-state index in [0.717, 1.165) is 24.0 Å². The molecule has 0 radical (unpaired) electrons. The Hall–Kier alpha value is -0.380. The molecule has 0 aliphatic carbocycles. The SMILES string of the molecule is Cc1ccc(Br)cc1CCN(C)CC(CO)C(C)C. The molecule has 3 heteroatoms. The Kier molecular flexibility index (Phi) is 7.05. The second kappa shape index (κ2) is 8.03. The van der Waals surface area contributed by atoms with E-state index in [1.165, 1.54) is 11.1 Å². The van der Waals surface area contributed by atoms with Crippen LogP contribution in [-0.4, -0.2) is 36.8 Å². The van der Waals surface area contributed by atoms with Crippen LogP contribution in [0.2, 0.25) is 0 Å². The lowest BCUT2D eigenvalue weighted by atomic mass is 9.96. The third-order valence-corrected chi connectivity index (χ3v) is 4.29. The van der Waals surface area contributed by atoms with Crippen LogP contribution in [0.25, 0.3) is 0 Å². The summed E-state index contributed by atoms with van der Waals surface area (Å²) in [6, 6.07) is 6.45. The fourth-order valence-electron chi connectivity index (χ4n) is 2.19. The second-order valence-electron chi connectivity index (χ2n) is 5.77. The van der Waals surface area contributed by atoms with Crippen LogP contribution in [0.4, 0.5) is 0 Å². The summed E-state index contributed by atoms with van der Waals surface area (Å²) in [4.78, 5) is 2.32. The predicted molar refractivity (Wildman–Crippen MR) is 85.5 cm³/mol. The third kappa shape index (κ3) is 5.64. The molecule has 0 saturated carbocycles. The van der Waals surface area contributed by atoms with Crippen LogP contribution in [0.15, 0.2) is 22.7 Å². The van der Waals surface area contributed by atoms with Gasteiger partial charge in [0.05, 0.1) is 0 Å². The molecule has 1 aromatic carbocycles. The molecule has 2 nitrogen and oxygen atoms in total. The lowest BCUT2D eigenvalue weighted by Gasteiger charge is -2.25. The van der Waals surface area contributed by atoms with Crippen molar-refractivity contribution in [2.45, 2.75) is 27.2 Å². The van der Waals surface area contributed by atoms with Gasteiger partial charge in [0.1, 0.15) is 0 Å². The van der Waals surface area contributed by atoms with Crippen LogP contribution in [-0.2, 0) is 6.42 Å². The molecule has 1 rings (SSSR count). The molecule has 0 fully saturated rings. The van der Waals surface area contributed by atoms with Crippen molar-refractivity contribution < 1.29 is 5.11 Å². The summed E-state index contributed by atoms with van der Waals surface area (Å²) in [7, 11) is 2.14. The lowest BCUT2D eigenvalue weighted by molar-refractivity contribution is 0.147. The number of aryl methyl sites for hydroxylation is 1. The molecule has 0 spiro atoms. The Balaban J connectivity index is 2.49. The van der Waals surface area contributed by atoms with E-state index in [1.807, 2.05) is 0 Å². The molecule has 1 unspecified atom stereocenters. The van der Waals surface area contributed by atoms with Gasteiger partial charge < -0.3 is 10.0 Å². The van der Waals surface area contributed by atoms with Crippen molar-refractivity contribution in [1.82, 2.24) is 4.90 Å². The topological polar surface area (TPSA) is 23.5 Å². The number of halogens is 1. The Morgan fingerprint density at radius 2 is 2.00 bits per heavy atom. The molecule has 0 heterocycles. The van der Waals surface area contributed by atoms with Crippen molar-refractivity contribution in [3.8, 4) is 0 Å². The van der Waals surface area contributed by atoms with Gasteiger partial charge in [0.15, 0.2) is 0 Å². The fraction of sp³-hybridized carbons (Fsp3) is 0.625. The number of hydrogen-bond acceptors (Lipinski definition) is 2. The molecule has 1 N–H and O–H groups in total. The van der Waals surface area contributed by atoms with Crippen LogP contribution in [0, 0.1) is 18.8 Å². The minimum absolute atomic E-state index is 0.276. The minimum Gasteiger partial charge on any atom is -0.396 e. The lowest BCUT2D eigenvalue weighted by Crippen LogP contribution is -2.32. The van der Waals surface area contributed by atoms with Gasteiger partial charge in [-0.05, 0) is 55.5 Å². The van der Waals surface area contributed by atoms with E-state index in [1.54, 1.807) is 0 Å². The largest absolute Gasteiger partial charge is 0.396 e. The standard InChI is InChI=1S/C16H26BrNO/c1-12(2)15(11-19)10-18(4)8-7-14-9-16(17)6-5-13(14)3/h5-6,9,12,15,19H,7-8,10-11H2,1-4H3. The number of aliphatic hydroxyl groups excluding tert-OH is 1. The first-order valence-corrected chi connectivity index (χ1v) is 7.77. The average Bonchev–Trinajstić information content (AvgIpc) is 2.36. The van der Waals surface area contributed by atoms with Crippen LogP contribution in [0.3, 0.4) is 0 Å². The highest BCUT2D eigenvalue weighted by atomic mass is 79.9. The van der Waals surface area contributed by atoms with E-state index in [2.05, 4.69) is 66.8 Å². The van der Waals surface area contributed by atoms with Crippen LogP contribution in [0.5, 0.6) is 0 Å². The van der Waals surface area contributed by atoms with Gasteiger partial charge in [-0.15, -0.1) is 0 Å². The number of aliphatic hydroxyl groups is 1. The van der Waals surface area contributed by atoms with Crippen molar-refractivity contribution in [3.05, 3.63) is 33.8 Å². The highest BCUT2D eigenvalue weighted by molar-refractivity contribution is 9.10. The molecule has 1 atom stereocenters. The van der Waals surface area contributed by atoms with Gasteiger partial charge in [-0.25, -0.2) is 0 Å². The van der Waals surface area contributed by atoms with Crippen LogP contribution >= 0.6 is 15.9 Å². The third-order valence-electron chi connectivity index (χ3n) is 3.80. The molecule has 0 saturated heterocycles. The van der Waals surface area contributed by atoms with E-state index in [-0.39, 0.29) is 6.61 Å². The summed E-state index contributed by atoms with van der Waals surface area (Å²) in [5.74, 6) is 0.897. The first kappa shape index (κ1) is 16.7. The number of rotatable bonds is 7. The van der Waals surface area contributed by atoms with Crippen molar-refractivity contribution in [3.63, 3.8) is 0 Å². The first-order chi connectivity index (χ1) is 8.93. The van der Waals surface area contributed by atoms with E-state index in [0.29, 0.717) is 11.8 Å². The monoisotopic (exact) mass is 327 g/mol. The zero-order valence-electron chi connectivity index (χ0n) is 12.5. The quantitative estimate of drug-likeness (QED) is 0.828. The summed E-state index contributed by atoms with van der Waals surface area (Å²) in [6.45, 7) is 8.77. The van der Waals surface area contributed by atoms with Gasteiger partial charge in [-0.3, -0.25) is 0 Å². The molecule has 0 bridgehead atoms. The summed E-state index contributed by atoms with van der Waals surface area (Å²) >= 11 is 3.53. The molecule has 0 amide bonds. The number of hydrogen-bond donors (Lipinski definition) is 1. The smallest absolute Gasteiger partial charge is 0.0473 e. The zero-order valence-corrected chi connectivity index (χ0v) is 14.1. The number of likely N-dealkylation sites (N-methyl/N-ethyl adjacent to an activating group) is 1. The first-order valence-electron chi connectivity index (χ1n) is 6.98. The Morgan fingerprint density at radius 1 is 1.32 bits per heavy atom. The number of benzene rings is 1. The van der Waals surface area contributed by atoms with E-state index in [4.69, 9.17) is 0 Å². The summed E-state index contributed by atoms with van der Waals surface area (Å²) in [6.07, 6.45) is 1.05. The molecular formula is C16H26BrNO. The fourth-order valence-corrected chi connectivity index (χ4v) is 2.60. The van der Waals surface area contributed by atoms with Crippen LogP contribution in [0.1, 0.15) is 25.0 Å². The van der Waals surface area contributed by atoms with Gasteiger partial charge >= 0.3 is 0 Å². The molecule has 0 aliphatic rings. The highest BCUT2D eigenvalue weighted by Gasteiger charge is 2.14. The van der Waals surface area contributed by atoms with E-state index < -0.39 is 0 Å². The predicted octanol–water partition coefficient (Wildman–Crippen LogP) is 3.50. The van der Waals surface area contributed by atoms with Gasteiger partial charge in [0.2, 0.25) is 0 Å². The average molecular weight is 328 g/mol. The van der Waals surface area contributed by atoms with Crippen molar-refractivity contribution in [2.75, 3.05) is 26.7 Å². The maximum absolute atomic E-state index is 9.38.